The van der Waals surface area contributed by atoms with Gasteiger partial charge in [-0.05, 0) is 48.9 Å². The zero-order valence-corrected chi connectivity index (χ0v) is 19.0. The Morgan fingerprint density at radius 2 is 1.87 bits per heavy atom. The third-order valence-electron chi connectivity index (χ3n) is 7.00. The molecule has 162 valence electrons. The summed E-state index contributed by atoms with van der Waals surface area (Å²) in [5.74, 6) is 0. The lowest BCUT2D eigenvalue weighted by molar-refractivity contribution is -0.154. The first-order valence-electron chi connectivity index (χ1n) is 11.8. The molecule has 2 aliphatic heterocycles. The Morgan fingerprint density at radius 1 is 1.03 bits per heavy atom. The van der Waals surface area contributed by atoms with Gasteiger partial charge in [0.05, 0.1) is 6.04 Å². The summed E-state index contributed by atoms with van der Waals surface area (Å²) in [6, 6.07) is 18.3. The van der Waals surface area contributed by atoms with Gasteiger partial charge in [-0.25, -0.2) is 5.01 Å². The van der Waals surface area contributed by atoms with Crippen LogP contribution in [-0.4, -0.2) is 41.8 Å². The van der Waals surface area contributed by atoms with E-state index in [4.69, 9.17) is 0 Å². The maximum atomic E-state index is 3.94. The molecule has 0 bridgehead atoms. The van der Waals surface area contributed by atoms with Crippen LogP contribution in [0.15, 0.2) is 48.5 Å². The van der Waals surface area contributed by atoms with E-state index in [-0.39, 0.29) is 5.66 Å². The molecule has 4 heteroatoms. The van der Waals surface area contributed by atoms with Crippen molar-refractivity contribution >= 4 is 0 Å². The number of benzene rings is 2. The number of nitrogens with one attached hydrogen (secondary N) is 2. The molecule has 0 radical (unpaired) electrons. The SMILES string of the molecule is CCCCCNN1CCC12NCCN(Cc1ccccc1)C2c1ccc(C)c(C)c1. The Morgan fingerprint density at radius 3 is 2.57 bits per heavy atom. The second-order valence-corrected chi connectivity index (χ2v) is 9.07. The molecule has 2 aromatic carbocycles. The fraction of sp³-hybridized carbons (Fsp3) is 0.538. The van der Waals surface area contributed by atoms with Crippen molar-refractivity contribution in [1.82, 2.24) is 20.7 Å². The minimum atomic E-state index is -0.0268. The topological polar surface area (TPSA) is 30.5 Å². The molecule has 0 aliphatic carbocycles. The Hall–Kier alpha value is -1.72. The summed E-state index contributed by atoms with van der Waals surface area (Å²) in [6.07, 6.45) is 4.98. The number of hydrogen-bond acceptors (Lipinski definition) is 4. The zero-order valence-electron chi connectivity index (χ0n) is 19.0. The van der Waals surface area contributed by atoms with Gasteiger partial charge in [0, 0.05) is 32.7 Å². The van der Waals surface area contributed by atoms with Gasteiger partial charge >= 0.3 is 0 Å². The molecule has 30 heavy (non-hydrogen) atoms. The quantitative estimate of drug-likeness (QED) is 0.630. The molecule has 0 aromatic heterocycles. The van der Waals surface area contributed by atoms with Crippen molar-refractivity contribution in [3.63, 3.8) is 0 Å². The predicted octanol–water partition coefficient (Wildman–Crippen LogP) is 4.55. The summed E-state index contributed by atoms with van der Waals surface area (Å²) in [6.45, 7) is 12.0. The van der Waals surface area contributed by atoms with Crippen molar-refractivity contribution in [2.24, 2.45) is 0 Å². The van der Waals surface area contributed by atoms with Crippen molar-refractivity contribution < 1.29 is 0 Å². The first-order chi connectivity index (χ1) is 14.6. The van der Waals surface area contributed by atoms with Gasteiger partial charge in [-0.1, -0.05) is 68.3 Å². The highest BCUT2D eigenvalue weighted by atomic mass is 15.6. The fourth-order valence-electron chi connectivity index (χ4n) is 5.10. The van der Waals surface area contributed by atoms with Crippen LogP contribution >= 0.6 is 0 Å². The van der Waals surface area contributed by atoms with E-state index in [0.29, 0.717) is 6.04 Å². The van der Waals surface area contributed by atoms with Crippen LogP contribution in [0, 0.1) is 13.8 Å². The van der Waals surface area contributed by atoms with Crippen molar-refractivity contribution in [1.29, 1.82) is 0 Å². The van der Waals surface area contributed by atoms with Crippen LogP contribution < -0.4 is 10.7 Å². The van der Waals surface area contributed by atoms with Crippen LogP contribution in [0.25, 0.3) is 0 Å². The maximum Gasteiger partial charge on any atom is 0.106 e. The van der Waals surface area contributed by atoms with Gasteiger partial charge in [0.25, 0.3) is 0 Å². The Bertz CT molecular complexity index is 821. The number of nitrogens with zero attached hydrogens (tertiary/aromatic N) is 2. The van der Waals surface area contributed by atoms with E-state index < -0.39 is 0 Å². The van der Waals surface area contributed by atoms with Crippen molar-refractivity contribution in [2.45, 2.75) is 64.7 Å². The van der Waals surface area contributed by atoms with E-state index >= 15 is 0 Å². The van der Waals surface area contributed by atoms with Gasteiger partial charge in [0.15, 0.2) is 0 Å². The van der Waals surface area contributed by atoms with E-state index in [9.17, 15) is 0 Å². The molecule has 4 nitrogen and oxygen atoms in total. The normalized spacial score (nSPS) is 24.8. The molecule has 1 spiro atoms. The summed E-state index contributed by atoms with van der Waals surface area (Å²) in [7, 11) is 0. The molecule has 2 unspecified atom stereocenters. The molecule has 2 heterocycles. The predicted molar refractivity (Wildman–Crippen MR) is 125 cm³/mol. The minimum Gasteiger partial charge on any atom is -0.295 e. The molecule has 0 saturated carbocycles. The van der Waals surface area contributed by atoms with Crippen LogP contribution in [-0.2, 0) is 6.54 Å². The monoisotopic (exact) mass is 406 g/mol. The van der Waals surface area contributed by atoms with E-state index in [0.717, 1.165) is 32.7 Å². The van der Waals surface area contributed by atoms with Gasteiger partial charge in [0.1, 0.15) is 5.66 Å². The first kappa shape index (κ1) is 21.5. The molecule has 0 amide bonds. The van der Waals surface area contributed by atoms with E-state index in [1.54, 1.807) is 0 Å². The Kier molecular flexibility index (Phi) is 6.89. The molecule has 2 fully saturated rings. The summed E-state index contributed by atoms with van der Waals surface area (Å²) in [5.41, 5.74) is 9.32. The number of hydrazine groups is 1. The molecule has 2 aliphatic rings. The maximum absolute atomic E-state index is 3.94. The van der Waals surface area contributed by atoms with Crippen molar-refractivity contribution in [3.05, 3.63) is 70.8 Å². The highest BCUT2D eigenvalue weighted by molar-refractivity contribution is 5.35. The molecular weight excluding hydrogens is 368 g/mol. The number of unbranched alkanes of at least 4 members (excludes halogenated alkanes) is 2. The van der Waals surface area contributed by atoms with Crippen molar-refractivity contribution in [2.75, 3.05) is 26.2 Å². The fourth-order valence-corrected chi connectivity index (χ4v) is 5.10. The average Bonchev–Trinajstić information content (AvgIpc) is 2.75. The Balaban J connectivity index is 1.62. The molecule has 2 atom stereocenters. The highest BCUT2D eigenvalue weighted by Crippen LogP contribution is 2.44. The summed E-state index contributed by atoms with van der Waals surface area (Å²) >= 11 is 0. The number of piperazine rings is 1. The molecule has 4 rings (SSSR count). The standard InChI is InChI=1S/C26H38N4/c1-4-5-9-15-28-30-17-14-26(30)25(24-13-12-21(2)22(3)19-24)29(18-16-27-26)20-23-10-7-6-8-11-23/h6-8,10-13,19,25,27-28H,4-5,9,14-18,20H2,1-3H3. The zero-order chi connectivity index (χ0) is 21.0. The largest absolute Gasteiger partial charge is 0.295 e. The second-order valence-electron chi connectivity index (χ2n) is 9.07. The number of hydrogen-bond donors (Lipinski definition) is 2. The summed E-state index contributed by atoms with van der Waals surface area (Å²) < 4.78 is 0. The summed E-state index contributed by atoms with van der Waals surface area (Å²) in [5, 5.41) is 6.44. The van der Waals surface area contributed by atoms with Crippen LogP contribution in [0.3, 0.4) is 0 Å². The van der Waals surface area contributed by atoms with E-state index in [1.165, 1.54) is 47.9 Å². The molecular formula is C26H38N4. The van der Waals surface area contributed by atoms with Gasteiger partial charge in [-0.3, -0.25) is 15.6 Å². The molecule has 2 N–H and O–H groups in total. The molecule has 2 aromatic rings. The van der Waals surface area contributed by atoms with Gasteiger partial charge in [0.2, 0.25) is 0 Å². The summed E-state index contributed by atoms with van der Waals surface area (Å²) in [4.78, 5) is 2.69. The van der Waals surface area contributed by atoms with Crippen LogP contribution in [0.1, 0.15) is 60.9 Å². The number of rotatable bonds is 8. The Labute approximate surface area is 182 Å². The lowest BCUT2D eigenvalue weighted by Crippen LogP contribution is -2.78. The minimum absolute atomic E-state index is 0.0268. The van der Waals surface area contributed by atoms with Crippen molar-refractivity contribution in [3.8, 4) is 0 Å². The lowest BCUT2D eigenvalue weighted by Gasteiger charge is -2.61. The third-order valence-corrected chi connectivity index (χ3v) is 7.00. The smallest absolute Gasteiger partial charge is 0.106 e. The van der Waals surface area contributed by atoms with Crippen LogP contribution in [0.5, 0.6) is 0 Å². The van der Waals surface area contributed by atoms with Gasteiger partial charge in [-0.15, -0.1) is 0 Å². The van der Waals surface area contributed by atoms with Gasteiger partial charge in [-0.2, -0.15) is 0 Å². The molecule has 2 saturated heterocycles. The first-order valence-corrected chi connectivity index (χ1v) is 11.8. The van der Waals surface area contributed by atoms with Gasteiger partial charge < -0.3 is 0 Å². The van der Waals surface area contributed by atoms with E-state index in [1.807, 2.05) is 0 Å². The second kappa shape index (κ2) is 9.61. The van der Waals surface area contributed by atoms with E-state index in [2.05, 4.69) is 90.0 Å². The van der Waals surface area contributed by atoms with Crippen LogP contribution in [0.4, 0.5) is 0 Å². The third kappa shape index (κ3) is 4.33. The average molecular weight is 407 g/mol. The lowest BCUT2D eigenvalue weighted by atomic mass is 9.80. The van der Waals surface area contributed by atoms with Crippen LogP contribution in [0.2, 0.25) is 0 Å². The highest BCUT2D eigenvalue weighted by Gasteiger charge is 2.54. The number of aryl methyl sites for hydroxylation is 2.